The van der Waals surface area contributed by atoms with E-state index in [0.29, 0.717) is 13.0 Å². The zero-order valence-corrected chi connectivity index (χ0v) is 15.1. The summed E-state index contributed by atoms with van der Waals surface area (Å²) in [6.45, 7) is 5.87. The summed E-state index contributed by atoms with van der Waals surface area (Å²) in [7, 11) is -4.03. The molecule has 11 heteroatoms. The van der Waals surface area contributed by atoms with Gasteiger partial charge in [0.05, 0.1) is 16.4 Å². The van der Waals surface area contributed by atoms with E-state index >= 15 is 0 Å². The van der Waals surface area contributed by atoms with E-state index in [1.807, 2.05) is 20.8 Å². The summed E-state index contributed by atoms with van der Waals surface area (Å²) in [4.78, 5) is 21.5. The van der Waals surface area contributed by atoms with E-state index in [9.17, 15) is 23.3 Å². The molecular weight excluding hydrogens is 352 g/mol. The molecule has 0 saturated heterocycles. The number of anilines is 1. The van der Waals surface area contributed by atoms with Crippen molar-refractivity contribution in [3.63, 3.8) is 0 Å². The number of nitrogens with one attached hydrogen (secondary N) is 2. The first-order valence-corrected chi connectivity index (χ1v) is 8.95. The zero-order chi connectivity index (χ0) is 19.3. The van der Waals surface area contributed by atoms with E-state index in [1.165, 1.54) is 12.1 Å². The maximum absolute atomic E-state index is 11.5. The Labute approximate surface area is 145 Å². The van der Waals surface area contributed by atoms with Gasteiger partial charge in [-0.1, -0.05) is 0 Å². The van der Waals surface area contributed by atoms with E-state index in [-0.39, 0.29) is 17.2 Å². The predicted octanol–water partition coefficient (Wildman–Crippen LogP) is 1.57. The molecule has 10 nitrogen and oxygen atoms in total. The average molecular weight is 374 g/mol. The van der Waals surface area contributed by atoms with Gasteiger partial charge < -0.3 is 15.4 Å². The van der Waals surface area contributed by atoms with E-state index in [1.54, 1.807) is 0 Å². The third-order valence-electron chi connectivity index (χ3n) is 2.84. The van der Waals surface area contributed by atoms with Crippen LogP contribution in [0.1, 0.15) is 27.2 Å². The van der Waals surface area contributed by atoms with Crippen molar-refractivity contribution in [2.24, 2.45) is 5.14 Å². The standard InChI is InChI=1S/C14H22N4O6S/c1-14(2,3)17-13(19)24-8-4-7-16-11-6-5-10(25(15,22)23)9-12(11)18(20)21/h5-6,9,16H,4,7-8H2,1-3H3,(H,17,19)(H2,15,22,23). The van der Waals surface area contributed by atoms with Crippen molar-refractivity contribution in [3.8, 4) is 0 Å². The van der Waals surface area contributed by atoms with Gasteiger partial charge in [0.2, 0.25) is 10.0 Å². The Morgan fingerprint density at radius 1 is 1.36 bits per heavy atom. The second-order valence-corrected chi connectivity index (χ2v) is 7.83. The molecule has 0 radical (unpaired) electrons. The fraction of sp³-hybridized carbons (Fsp3) is 0.500. The molecule has 0 aliphatic rings. The fourth-order valence-corrected chi connectivity index (χ4v) is 2.32. The molecule has 0 aliphatic carbocycles. The number of hydrogen-bond acceptors (Lipinski definition) is 7. The molecular formula is C14H22N4O6S. The van der Waals surface area contributed by atoms with Gasteiger partial charge in [0, 0.05) is 18.2 Å². The van der Waals surface area contributed by atoms with Crippen LogP contribution in [0.2, 0.25) is 0 Å². The Balaban J connectivity index is 2.58. The zero-order valence-electron chi connectivity index (χ0n) is 14.2. The molecule has 0 aliphatic heterocycles. The number of nitro groups is 1. The lowest BCUT2D eigenvalue weighted by Crippen LogP contribution is -2.41. The molecule has 0 saturated carbocycles. The first kappa shape index (κ1) is 20.6. The number of rotatable bonds is 7. The van der Waals surface area contributed by atoms with Crippen molar-refractivity contribution >= 4 is 27.5 Å². The van der Waals surface area contributed by atoms with Gasteiger partial charge >= 0.3 is 6.09 Å². The van der Waals surface area contributed by atoms with Gasteiger partial charge in [0.15, 0.2) is 0 Å². The van der Waals surface area contributed by atoms with Crippen molar-refractivity contribution in [1.29, 1.82) is 0 Å². The Hall–Kier alpha value is -2.40. The van der Waals surface area contributed by atoms with Crippen LogP contribution in [-0.4, -0.2) is 38.1 Å². The second kappa shape index (κ2) is 8.12. The molecule has 25 heavy (non-hydrogen) atoms. The van der Waals surface area contributed by atoms with Crippen LogP contribution in [0, 0.1) is 10.1 Å². The summed E-state index contributed by atoms with van der Waals surface area (Å²) in [6, 6.07) is 3.34. The SMILES string of the molecule is CC(C)(C)NC(=O)OCCCNc1ccc(S(N)(=O)=O)cc1[N+](=O)[O-]. The maximum Gasteiger partial charge on any atom is 0.407 e. The molecule has 0 unspecified atom stereocenters. The number of ether oxygens (including phenoxy) is 1. The molecule has 0 aromatic heterocycles. The normalized spacial score (nSPS) is 11.7. The summed E-state index contributed by atoms with van der Waals surface area (Å²) >= 11 is 0. The van der Waals surface area contributed by atoms with Crippen molar-refractivity contribution in [2.75, 3.05) is 18.5 Å². The van der Waals surface area contributed by atoms with E-state index in [0.717, 1.165) is 6.07 Å². The lowest BCUT2D eigenvalue weighted by Gasteiger charge is -2.19. The van der Waals surface area contributed by atoms with Crippen LogP contribution in [0.4, 0.5) is 16.2 Å². The quantitative estimate of drug-likeness (QED) is 0.372. The number of nitro benzene ring substituents is 1. The first-order chi connectivity index (χ1) is 11.4. The molecule has 4 N–H and O–H groups in total. The number of benzene rings is 1. The number of carbonyl (C=O) groups excluding carboxylic acids is 1. The molecule has 140 valence electrons. The van der Waals surface area contributed by atoms with Crippen molar-refractivity contribution in [2.45, 2.75) is 37.6 Å². The second-order valence-electron chi connectivity index (χ2n) is 6.27. The molecule has 1 rings (SSSR count). The van der Waals surface area contributed by atoms with Gasteiger partial charge in [-0.3, -0.25) is 10.1 Å². The van der Waals surface area contributed by atoms with Crippen molar-refractivity contribution in [3.05, 3.63) is 28.3 Å². The minimum Gasteiger partial charge on any atom is -0.449 e. The summed E-state index contributed by atoms with van der Waals surface area (Å²) in [5.74, 6) is 0. The van der Waals surface area contributed by atoms with Crippen LogP contribution in [0.25, 0.3) is 0 Å². The summed E-state index contributed by atoms with van der Waals surface area (Å²) in [5.41, 5.74) is -0.657. The van der Waals surface area contributed by atoms with Crippen LogP contribution < -0.4 is 15.8 Å². The Kier molecular flexibility index (Phi) is 6.70. The highest BCUT2D eigenvalue weighted by molar-refractivity contribution is 7.89. The predicted molar refractivity (Wildman–Crippen MR) is 91.8 cm³/mol. The first-order valence-electron chi connectivity index (χ1n) is 7.40. The minimum absolute atomic E-state index is 0.123. The summed E-state index contributed by atoms with van der Waals surface area (Å²) < 4.78 is 27.5. The number of nitrogens with zero attached hydrogens (tertiary/aromatic N) is 1. The third-order valence-corrected chi connectivity index (χ3v) is 3.75. The molecule has 1 aromatic rings. The highest BCUT2D eigenvalue weighted by Crippen LogP contribution is 2.27. The number of amides is 1. The van der Waals surface area contributed by atoms with Crippen LogP contribution in [-0.2, 0) is 14.8 Å². The van der Waals surface area contributed by atoms with Crippen molar-refractivity contribution in [1.82, 2.24) is 5.32 Å². The van der Waals surface area contributed by atoms with E-state index < -0.39 is 32.3 Å². The maximum atomic E-state index is 11.5. The highest BCUT2D eigenvalue weighted by atomic mass is 32.2. The Morgan fingerprint density at radius 2 is 2.00 bits per heavy atom. The number of alkyl carbamates (subject to hydrolysis) is 1. The van der Waals surface area contributed by atoms with Crippen LogP contribution in [0.15, 0.2) is 23.1 Å². The monoisotopic (exact) mass is 374 g/mol. The van der Waals surface area contributed by atoms with Gasteiger partial charge in [-0.15, -0.1) is 0 Å². The van der Waals surface area contributed by atoms with Crippen LogP contribution >= 0.6 is 0 Å². The van der Waals surface area contributed by atoms with E-state index in [2.05, 4.69) is 10.6 Å². The minimum atomic E-state index is -4.03. The molecule has 1 amide bonds. The lowest BCUT2D eigenvalue weighted by molar-refractivity contribution is -0.384. The fourth-order valence-electron chi connectivity index (χ4n) is 1.79. The molecule has 0 bridgehead atoms. The number of carbonyl (C=O) groups is 1. The molecule has 1 aromatic carbocycles. The molecule has 0 fully saturated rings. The van der Waals surface area contributed by atoms with Gasteiger partial charge in [-0.2, -0.15) is 0 Å². The average Bonchev–Trinajstić information content (AvgIpc) is 2.43. The molecule has 0 atom stereocenters. The number of hydrogen-bond donors (Lipinski definition) is 3. The Bertz CT molecular complexity index is 742. The van der Waals surface area contributed by atoms with Crippen LogP contribution in [0.3, 0.4) is 0 Å². The topological polar surface area (TPSA) is 154 Å². The molecule has 0 heterocycles. The van der Waals surface area contributed by atoms with Gasteiger partial charge in [0.1, 0.15) is 5.69 Å². The number of nitrogens with two attached hydrogens (primary N) is 1. The summed E-state index contributed by atoms with van der Waals surface area (Å²) in [6.07, 6.45) is -0.137. The molecule has 0 spiro atoms. The lowest BCUT2D eigenvalue weighted by atomic mass is 10.1. The van der Waals surface area contributed by atoms with Crippen molar-refractivity contribution < 1.29 is 22.9 Å². The van der Waals surface area contributed by atoms with Crippen LogP contribution in [0.5, 0.6) is 0 Å². The van der Waals surface area contributed by atoms with Gasteiger partial charge in [0.25, 0.3) is 5.69 Å². The Morgan fingerprint density at radius 3 is 2.52 bits per heavy atom. The summed E-state index contributed by atoms with van der Waals surface area (Å²) in [5, 5.41) is 21.5. The largest absolute Gasteiger partial charge is 0.449 e. The number of primary sulfonamides is 1. The number of sulfonamides is 1. The smallest absolute Gasteiger partial charge is 0.407 e. The van der Waals surface area contributed by atoms with Gasteiger partial charge in [-0.05, 0) is 39.3 Å². The van der Waals surface area contributed by atoms with Gasteiger partial charge in [-0.25, -0.2) is 18.4 Å². The third kappa shape index (κ3) is 7.35. The van der Waals surface area contributed by atoms with E-state index in [4.69, 9.17) is 9.88 Å². The highest BCUT2D eigenvalue weighted by Gasteiger charge is 2.19.